The Kier molecular flexibility index (Phi) is 4.62. The molecule has 0 bridgehead atoms. The van der Waals surface area contributed by atoms with Gasteiger partial charge in [-0.1, -0.05) is 6.92 Å². The highest BCUT2D eigenvalue weighted by atomic mass is 16.5. The van der Waals surface area contributed by atoms with E-state index in [4.69, 9.17) is 0 Å². The van der Waals surface area contributed by atoms with Crippen molar-refractivity contribution in [1.29, 1.82) is 0 Å². The zero-order valence-corrected chi connectivity index (χ0v) is 12.9. The molecule has 0 aromatic carbocycles. The summed E-state index contributed by atoms with van der Waals surface area (Å²) in [5.41, 5.74) is 3.02. The summed E-state index contributed by atoms with van der Waals surface area (Å²) in [6.07, 6.45) is 5.00. The fraction of sp³-hybridized carbons (Fsp3) is 0.375. The Balaban J connectivity index is 2.48. The van der Waals surface area contributed by atoms with Gasteiger partial charge in [0, 0.05) is 23.9 Å². The average molecular weight is 287 g/mol. The molecule has 0 amide bonds. The third-order valence-corrected chi connectivity index (χ3v) is 3.32. The Hall–Kier alpha value is -2.30. The van der Waals surface area contributed by atoms with Crippen molar-refractivity contribution >= 4 is 12.0 Å². The molecule has 0 atom stereocenters. The number of hydrogen-bond acceptors (Lipinski definition) is 3. The molecule has 0 aliphatic heterocycles. The van der Waals surface area contributed by atoms with Gasteiger partial charge >= 0.3 is 5.97 Å². The van der Waals surface area contributed by atoms with Crippen LogP contribution in [0.15, 0.2) is 18.2 Å². The van der Waals surface area contributed by atoms with Crippen LogP contribution >= 0.6 is 0 Å². The van der Waals surface area contributed by atoms with Gasteiger partial charge in [0.15, 0.2) is 5.82 Å². The largest absolute Gasteiger partial charge is 0.466 e. The number of esters is 1. The number of aryl methyl sites for hydroxylation is 3. The highest BCUT2D eigenvalue weighted by molar-refractivity contribution is 5.87. The molecule has 21 heavy (non-hydrogen) atoms. The van der Waals surface area contributed by atoms with Gasteiger partial charge in [-0.25, -0.2) is 9.78 Å². The predicted octanol–water partition coefficient (Wildman–Crippen LogP) is 2.96. The Morgan fingerprint density at radius 3 is 2.62 bits per heavy atom. The normalized spacial score (nSPS) is 11.2. The molecule has 2 aromatic heterocycles. The number of methoxy groups -OCH3 is 1. The Bertz CT molecular complexity index is 646. The maximum atomic E-state index is 11.3. The first-order valence-corrected chi connectivity index (χ1v) is 7.07. The standard InChI is InChI=1S/C16H21N3O2/c1-5-6-14-17-13(9-10-15(20)21-4)16(18-14)19-11(2)7-8-12(19)3/h7-10H,5-6H2,1-4H3,(H,17,18)/b10-9+. The van der Waals surface area contributed by atoms with Crippen LogP contribution in [0.5, 0.6) is 0 Å². The summed E-state index contributed by atoms with van der Waals surface area (Å²) in [6, 6.07) is 4.11. The van der Waals surface area contributed by atoms with Gasteiger partial charge in [0.05, 0.1) is 12.8 Å². The highest BCUT2D eigenvalue weighted by Gasteiger charge is 2.13. The van der Waals surface area contributed by atoms with Crippen molar-refractivity contribution in [2.75, 3.05) is 7.11 Å². The zero-order valence-electron chi connectivity index (χ0n) is 12.9. The van der Waals surface area contributed by atoms with Gasteiger partial charge in [-0.3, -0.25) is 0 Å². The van der Waals surface area contributed by atoms with Crippen LogP contribution in [0, 0.1) is 13.8 Å². The first-order chi connectivity index (χ1) is 10.1. The summed E-state index contributed by atoms with van der Waals surface area (Å²) in [6.45, 7) is 6.18. The topological polar surface area (TPSA) is 59.9 Å². The van der Waals surface area contributed by atoms with Gasteiger partial charge in [0.25, 0.3) is 0 Å². The summed E-state index contributed by atoms with van der Waals surface area (Å²) < 4.78 is 6.71. The van der Waals surface area contributed by atoms with E-state index in [2.05, 4.69) is 38.3 Å². The molecule has 0 spiro atoms. The van der Waals surface area contributed by atoms with Crippen LogP contribution in [-0.2, 0) is 16.0 Å². The Morgan fingerprint density at radius 2 is 2.05 bits per heavy atom. The van der Waals surface area contributed by atoms with E-state index in [1.54, 1.807) is 6.08 Å². The van der Waals surface area contributed by atoms with Crippen LogP contribution < -0.4 is 0 Å². The molecular weight excluding hydrogens is 266 g/mol. The quantitative estimate of drug-likeness (QED) is 0.679. The van der Waals surface area contributed by atoms with Crippen molar-refractivity contribution in [3.05, 3.63) is 41.1 Å². The zero-order chi connectivity index (χ0) is 15.4. The number of ether oxygens (including phenoxy) is 1. The molecule has 112 valence electrons. The maximum Gasteiger partial charge on any atom is 0.330 e. The smallest absolute Gasteiger partial charge is 0.330 e. The molecule has 0 radical (unpaired) electrons. The van der Waals surface area contributed by atoms with Crippen molar-refractivity contribution in [2.24, 2.45) is 0 Å². The van der Waals surface area contributed by atoms with Crippen LogP contribution in [0.4, 0.5) is 0 Å². The number of carbonyl (C=O) groups is 1. The summed E-state index contributed by atoms with van der Waals surface area (Å²) in [5.74, 6) is 1.36. The van der Waals surface area contributed by atoms with Gasteiger partial charge in [0.2, 0.25) is 0 Å². The van der Waals surface area contributed by atoms with E-state index >= 15 is 0 Å². The minimum absolute atomic E-state index is 0.381. The lowest BCUT2D eigenvalue weighted by Crippen LogP contribution is -2.01. The summed E-state index contributed by atoms with van der Waals surface area (Å²) >= 11 is 0. The number of H-pyrrole nitrogens is 1. The SMILES string of the molecule is CCCc1nc(-n2c(C)ccc2C)c(/C=C/C(=O)OC)[nH]1. The van der Waals surface area contributed by atoms with Gasteiger partial charge in [0.1, 0.15) is 5.82 Å². The number of hydrogen-bond donors (Lipinski definition) is 1. The number of carbonyl (C=O) groups excluding carboxylic acids is 1. The molecule has 0 aliphatic rings. The highest BCUT2D eigenvalue weighted by Crippen LogP contribution is 2.20. The molecule has 0 unspecified atom stereocenters. The van der Waals surface area contributed by atoms with Crippen molar-refractivity contribution < 1.29 is 9.53 Å². The minimum Gasteiger partial charge on any atom is -0.466 e. The fourth-order valence-electron chi connectivity index (χ4n) is 2.29. The Morgan fingerprint density at radius 1 is 1.38 bits per heavy atom. The second kappa shape index (κ2) is 6.43. The molecule has 5 nitrogen and oxygen atoms in total. The van der Waals surface area contributed by atoms with Crippen LogP contribution in [0.2, 0.25) is 0 Å². The van der Waals surface area contributed by atoms with Crippen molar-refractivity contribution in [3.8, 4) is 5.82 Å². The van der Waals surface area contributed by atoms with Crippen LogP contribution in [0.1, 0.15) is 36.3 Å². The minimum atomic E-state index is -0.381. The third-order valence-electron chi connectivity index (χ3n) is 3.32. The summed E-state index contributed by atoms with van der Waals surface area (Å²) in [7, 11) is 1.36. The molecule has 0 fully saturated rings. The van der Waals surface area contributed by atoms with Crippen molar-refractivity contribution in [3.63, 3.8) is 0 Å². The molecular formula is C16H21N3O2. The summed E-state index contributed by atoms with van der Waals surface area (Å²) in [5, 5.41) is 0. The number of aromatic nitrogens is 3. The lowest BCUT2D eigenvalue weighted by molar-refractivity contribution is -0.134. The molecule has 0 saturated heterocycles. The van der Waals surface area contributed by atoms with Crippen LogP contribution in [0.25, 0.3) is 11.9 Å². The molecule has 0 aliphatic carbocycles. The van der Waals surface area contributed by atoms with E-state index in [0.29, 0.717) is 0 Å². The van der Waals surface area contributed by atoms with Gasteiger partial charge < -0.3 is 14.3 Å². The van der Waals surface area contributed by atoms with E-state index in [0.717, 1.165) is 41.6 Å². The fourth-order valence-corrected chi connectivity index (χ4v) is 2.29. The number of nitrogens with zero attached hydrogens (tertiary/aromatic N) is 2. The molecule has 0 saturated carbocycles. The molecule has 5 heteroatoms. The third kappa shape index (κ3) is 3.24. The van der Waals surface area contributed by atoms with Gasteiger partial charge in [-0.2, -0.15) is 0 Å². The maximum absolute atomic E-state index is 11.3. The van der Waals surface area contributed by atoms with Gasteiger partial charge in [-0.05, 0) is 38.5 Å². The van der Waals surface area contributed by atoms with Crippen molar-refractivity contribution in [2.45, 2.75) is 33.6 Å². The monoisotopic (exact) mass is 287 g/mol. The number of rotatable bonds is 5. The second-order valence-electron chi connectivity index (χ2n) is 4.98. The molecule has 2 heterocycles. The average Bonchev–Trinajstić information content (AvgIpc) is 3.00. The molecule has 2 rings (SSSR count). The lowest BCUT2D eigenvalue weighted by atomic mass is 10.3. The second-order valence-corrected chi connectivity index (χ2v) is 4.98. The first-order valence-electron chi connectivity index (χ1n) is 7.07. The predicted molar refractivity (Wildman–Crippen MR) is 82.4 cm³/mol. The van der Waals surface area contributed by atoms with Gasteiger partial charge in [-0.15, -0.1) is 0 Å². The van der Waals surface area contributed by atoms with Crippen LogP contribution in [-0.4, -0.2) is 27.6 Å². The van der Waals surface area contributed by atoms with Crippen LogP contribution in [0.3, 0.4) is 0 Å². The number of aromatic amines is 1. The summed E-state index contributed by atoms with van der Waals surface area (Å²) in [4.78, 5) is 19.2. The first kappa shape index (κ1) is 15.1. The van der Waals surface area contributed by atoms with E-state index in [9.17, 15) is 4.79 Å². The Labute approximate surface area is 124 Å². The molecule has 2 aromatic rings. The number of nitrogens with one attached hydrogen (secondary N) is 1. The van der Waals surface area contributed by atoms with E-state index in [-0.39, 0.29) is 5.97 Å². The van der Waals surface area contributed by atoms with E-state index in [1.165, 1.54) is 13.2 Å². The van der Waals surface area contributed by atoms with Crippen molar-refractivity contribution in [1.82, 2.24) is 14.5 Å². The van der Waals surface area contributed by atoms with E-state index in [1.807, 2.05) is 13.8 Å². The number of imidazole rings is 1. The van der Waals surface area contributed by atoms with E-state index < -0.39 is 0 Å². The lowest BCUT2D eigenvalue weighted by Gasteiger charge is -2.06. The molecule has 1 N–H and O–H groups in total.